The van der Waals surface area contributed by atoms with Crippen molar-refractivity contribution in [1.82, 2.24) is 5.32 Å². The quantitative estimate of drug-likeness (QED) is 0.758. The largest absolute Gasteiger partial charge is 0.494 e. The zero-order chi connectivity index (χ0) is 13.4. The van der Waals surface area contributed by atoms with Crippen LogP contribution in [0.2, 0.25) is 0 Å². The molecule has 2 N–H and O–H groups in total. The summed E-state index contributed by atoms with van der Waals surface area (Å²) in [5.41, 5.74) is 0. The molecule has 18 heavy (non-hydrogen) atoms. The fourth-order valence-corrected chi connectivity index (χ4v) is 1.61. The topological polar surface area (TPSA) is 58.6 Å². The summed E-state index contributed by atoms with van der Waals surface area (Å²) in [4.78, 5) is 11.4. The van der Waals surface area contributed by atoms with Crippen molar-refractivity contribution in [3.05, 3.63) is 28.7 Å². The van der Waals surface area contributed by atoms with Gasteiger partial charge < -0.3 is 15.2 Å². The van der Waals surface area contributed by atoms with Gasteiger partial charge in [-0.3, -0.25) is 4.79 Å². The first kappa shape index (κ1) is 15.0. The molecule has 1 amide bonds. The first-order valence-electron chi connectivity index (χ1n) is 5.90. The van der Waals surface area contributed by atoms with Crippen LogP contribution in [0, 0.1) is 0 Å². The van der Waals surface area contributed by atoms with Crippen LogP contribution in [0.3, 0.4) is 0 Å². The van der Waals surface area contributed by atoms with Crippen LogP contribution in [0.4, 0.5) is 0 Å². The van der Waals surface area contributed by atoms with Gasteiger partial charge in [0.1, 0.15) is 5.75 Å². The van der Waals surface area contributed by atoms with Crippen LogP contribution in [-0.2, 0) is 4.79 Å². The summed E-state index contributed by atoms with van der Waals surface area (Å²) in [5.74, 6) is 0.735. The van der Waals surface area contributed by atoms with Gasteiger partial charge in [0.05, 0.1) is 13.2 Å². The van der Waals surface area contributed by atoms with E-state index in [9.17, 15) is 4.79 Å². The highest BCUT2D eigenvalue weighted by Crippen LogP contribution is 2.16. The summed E-state index contributed by atoms with van der Waals surface area (Å²) >= 11 is 3.35. The molecular weight excluding hydrogens is 298 g/mol. The maximum absolute atomic E-state index is 11.4. The van der Waals surface area contributed by atoms with Gasteiger partial charge >= 0.3 is 0 Å². The number of amides is 1. The van der Waals surface area contributed by atoms with E-state index in [1.807, 2.05) is 24.3 Å². The fourth-order valence-electron chi connectivity index (χ4n) is 1.35. The van der Waals surface area contributed by atoms with Crippen molar-refractivity contribution in [2.75, 3.05) is 13.2 Å². The van der Waals surface area contributed by atoms with E-state index in [-0.39, 0.29) is 18.6 Å². The molecule has 4 nitrogen and oxygen atoms in total. The predicted molar refractivity (Wildman–Crippen MR) is 73.6 cm³/mol. The molecule has 0 radical (unpaired) electrons. The predicted octanol–water partition coefficient (Wildman–Crippen LogP) is 2.11. The van der Waals surface area contributed by atoms with Crippen LogP contribution in [-0.4, -0.2) is 30.3 Å². The molecule has 0 aliphatic rings. The van der Waals surface area contributed by atoms with Crippen molar-refractivity contribution >= 4 is 21.8 Å². The molecule has 1 aromatic rings. The molecule has 0 spiro atoms. The number of aliphatic hydroxyl groups excluding tert-OH is 1. The minimum absolute atomic E-state index is 0.0405. The molecular formula is C13H18BrNO3. The highest BCUT2D eigenvalue weighted by Gasteiger charge is 2.05. The molecule has 0 aliphatic heterocycles. The zero-order valence-corrected chi connectivity index (χ0v) is 11.9. The lowest BCUT2D eigenvalue weighted by Gasteiger charge is -2.10. The van der Waals surface area contributed by atoms with E-state index in [1.54, 1.807) is 6.92 Å². The SMILES string of the molecule is CC(CO)NC(=O)CCCOc1ccc(Br)cc1. The first-order valence-corrected chi connectivity index (χ1v) is 6.69. The van der Waals surface area contributed by atoms with Crippen molar-refractivity contribution in [2.45, 2.75) is 25.8 Å². The Kier molecular flexibility index (Phi) is 6.75. The van der Waals surface area contributed by atoms with E-state index < -0.39 is 0 Å². The Balaban J connectivity index is 2.15. The van der Waals surface area contributed by atoms with Crippen LogP contribution in [0.15, 0.2) is 28.7 Å². The highest BCUT2D eigenvalue weighted by molar-refractivity contribution is 9.10. The first-order chi connectivity index (χ1) is 8.61. The van der Waals surface area contributed by atoms with Gasteiger partial charge in [-0.2, -0.15) is 0 Å². The summed E-state index contributed by atoms with van der Waals surface area (Å²) in [5, 5.41) is 11.5. The van der Waals surface area contributed by atoms with E-state index in [1.165, 1.54) is 0 Å². The molecule has 5 heteroatoms. The van der Waals surface area contributed by atoms with Crippen molar-refractivity contribution in [2.24, 2.45) is 0 Å². The van der Waals surface area contributed by atoms with Gasteiger partial charge in [0.2, 0.25) is 5.91 Å². The molecule has 100 valence electrons. The van der Waals surface area contributed by atoms with Crippen molar-refractivity contribution < 1.29 is 14.6 Å². The van der Waals surface area contributed by atoms with Crippen LogP contribution in [0.1, 0.15) is 19.8 Å². The molecule has 1 unspecified atom stereocenters. The van der Waals surface area contributed by atoms with Crippen LogP contribution in [0.5, 0.6) is 5.75 Å². The molecule has 1 aromatic carbocycles. The van der Waals surface area contributed by atoms with E-state index >= 15 is 0 Å². The van der Waals surface area contributed by atoms with Crippen LogP contribution in [0.25, 0.3) is 0 Å². The lowest BCUT2D eigenvalue weighted by molar-refractivity contribution is -0.122. The highest BCUT2D eigenvalue weighted by atomic mass is 79.9. The smallest absolute Gasteiger partial charge is 0.220 e. The van der Waals surface area contributed by atoms with Gasteiger partial charge in [-0.15, -0.1) is 0 Å². The van der Waals surface area contributed by atoms with Gasteiger partial charge in [0.15, 0.2) is 0 Å². The second-order valence-corrected chi connectivity index (χ2v) is 4.97. The molecule has 0 aromatic heterocycles. The molecule has 0 heterocycles. The molecule has 1 rings (SSSR count). The summed E-state index contributed by atoms with van der Waals surface area (Å²) < 4.78 is 6.50. The Morgan fingerprint density at radius 1 is 1.44 bits per heavy atom. The monoisotopic (exact) mass is 315 g/mol. The third-order valence-corrected chi connectivity index (χ3v) is 2.84. The van der Waals surface area contributed by atoms with Crippen LogP contribution < -0.4 is 10.1 Å². The summed E-state index contributed by atoms with van der Waals surface area (Å²) in [6.07, 6.45) is 1.06. The molecule has 0 fully saturated rings. The van der Waals surface area contributed by atoms with E-state index in [0.29, 0.717) is 19.4 Å². The van der Waals surface area contributed by atoms with Crippen molar-refractivity contribution in [3.8, 4) is 5.75 Å². The summed E-state index contributed by atoms with van der Waals surface area (Å²) in [6, 6.07) is 7.37. The Bertz CT molecular complexity index is 367. The average Bonchev–Trinajstić information content (AvgIpc) is 2.36. The van der Waals surface area contributed by atoms with E-state index in [0.717, 1.165) is 10.2 Å². The molecule has 0 saturated heterocycles. The second kappa shape index (κ2) is 8.11. The number of hydrogen-bond acceptors (Lipinski definition) is 3. The number of ether oxygens (including phenoxy) is 1. The Morgan fingerprint density at radius 3 is 2.72 bits per heavy atom. The summed E-state index contributed by atoms with van der Waals surface area (Å²) in [7, 11) is 0. The van der Waals surface area contributed by atoms with Gasteiger partial charge in [0, 0.05) is 16.9 Å². The average molecular weight is 316 g/mol. The number of carbonyl (C=O) groups is 1. The fraction of sp³-hybridized carbons (Fsp3) is 0.462. The van der Waals surface area contributed by atoms with E-state index in [4.69, 9.17) is 9.84 Å². The molecule has 1 atom stereocenters. The standard InChI is InChI=1S/C13H18BrNO3/c1-10(9-16)15-13(17)3-2-8-18-12-6-4-11(14)5-7-12/h4-7,10,16H,2-3,8-9H2,1H3,(H,15,17). The Labute approximate surface area is 115 Å². The molecule has 0 aliphatic carbocycles. The maximum Gasteiger partial charge on any atom is 0.220 e. The number of hydrogen-bond donors (Lipinski definition) is 2. The Hall–Kier alpha value is -1.07. The number of rotatable bonds is 7. The molecule has 0 saturated carbocycles. The number of nitrogens with one attached hydrogen (secondary N) is 1. The minimum Gasteiger partial charge on any atom is -0.494 e. The number of aliphatic hydroxyl groups is 1. The van der Waals surface area contributed by atoms with Crippen molar-refractivity contribution in [3.63, 3.8) is 0 Å². The van der Waals surface area contributed by atoms with Crippen molar-refractivity contribution in [1.29, 1.82) is 0 Å². The second-order valence-electron chi connectivity index (χ2n) is 4.06. The van der Waals surface area contributed by atoms with Gasteiger partial charge in [0.25, 0.3) is 0 Å². The van der Waals surface area contributed by atoms with Gasteiger partial charge in [-0.1, -0.05) is 15.9 Å². The van der Waals surface area contributed by atoms with Crippen LogP contribution >= 0.6 is 15.9 Å². The molecule has 0 bridgehead atoms. The number of benzene rings is 1. The number of carbonyl (C=O) groups excluding carboxylic acids is 1. The van der Waals surface area contributed by atoms with E-state index in [2.05, 4.69) is 21.2 Å². The third kappa shape index (κ3) is 6.02. The lowest BCUT2D eigenvalue weighted by Crippen LogP contribution is -2.34. The Morgan fingerprint density at radius 2 is 2.11 bits per heavy atom. The number of halogens is 1. The third-order valence-electron chi connectivity index (χ3n) is 2.31. The maximum atomic E-state index is 11.4. The summed E-state index contributed by atoms with van der Waals surface area (Å²) in [6.45, 7) is 2.22. The zero-order valence-electron chi connectivity index (χ0n) is 10.4. The minimum atomic E-state index is -0.190. The normalized spacial score (nSPS) is 11.9. The van der Waals surface area contributed by atoms with Gasteiger partial charge in [-0.25, -0.2) is 0 Å². The lowest BCUT2D eigenvalue weighted by atomic mass is 10.2. The van der Waals surface area contributed by atoms with Gasteiger partial charge in [-0.05, 0) is 37.6 Å².